The molecular weight excluding hydrogens is 489 g/mol. The molecule has 0 aromatic carbocycles. The molecule has 2 saturated heterocycles. The monoisotopic (exact) mass is 519 g/mol. The van der Waals surface area contributed by atoms with E-state index in [0.717, 1.165) is 19.4 Å². The summed E-state index contributed by atoms with van der Waals surface area (Å²) < 4.78 is 10.9. The SMILES string of the molecule is CN(C)C(=O)CN=C(NCC1CCCO1)N1CCN(C(=O)c2ccco2)CC1.I. The first kappa shape index (κ1) is 23.5. The Bertz CT molecular complexity index is 681. The standard InChI is InChI=1S/C19H29N5O4.HI/c1-22(2)17(25)14-21-19(20-13-15-5-3-11-27-15)24-9-7-23(8-10-24)18(26)16-6-4-12-28-16;/h4,6,12,15H,3,5,7-11,13-14H2,1-2H3,(H,20,21);1H. The second-order valence-corrected chi connectivity index (χ2v) is 7.20. The highest BCUT2D eigenvalue weighted by atomic mass is 127. The lowest BCUT2D eigenvalue weighted by Crippen LogP contribution is -2.54. The number of carbonyl (C=O) groups excluding carboxylic acids is 2. The van der Waals surface area contributed by atoms with Crippen LogP contribution in [0.15, 0.2) is 27.8 Å². The first-order chi connectivity index (χ1) is 13.5. The smallest absolute Gasteiger partial charge is 0.289 e. The van der Waals surface area contributed by atoms with Gasteiger partial charge in [0.05, 0.1) is 12.4 Å². The first-order valence-corrected chi connectivity index (χ1v) is 9.72. The Kier molecular flexibility index (Phi) is 9.21. The van der Waals surface area contributed by atoms with Gasteiger partial charge in [-0.05, 0) is 25.0 Å². The van der Waals surface area contributed by atoms with E-state index in [0.29, 0.717) is 44.4 Å². The van der Waals surface area contributed by atoms with E-state index in [9.17, 15) is 9.59 Å². The van der Waals surface area contributed by atoms with E-state index in [1.807, 2.05) is 0 Å². The van der Waals surface area contributed by atoms with E-state index >= 15 is 0 Å². The van der Waals surface area contributed by atoms with Crippen molar-refractivity contribution >= 4 is 41.8 Å². The number of carbonyl (C=O) groups is 2. The molecule has 2 fully saturated rings. The Morgan fingerprint density at radius 2 is 1.97 bits per heavy atom. The lowest BCUT2D eigenvalue weighted by atomic mass is 10.2. The van der Waals surface area contributed by atoms with Crippen molar-refractivity contribution in [2.24, 2.45) is 4.99 Å². The normalized spacial score (nSPS) is 19.7. The Morgan fingerprint density at radius 3 is 2.55 bits per heavy atom. The van der Waals surface area contributed by atoms with Crippen molar-refractivity contribution in [3.8, 4) is 0 Å². The average Bonchev–Trinajstić information content (AvgIpc) is 3.41. The number of guanidine groups is 1. The Hall–Kier alpha value is -1.82. The number of hydrogen-bond donors (Lipinski definition) is 1. The molecule has 2 amide bonds. The number of piperazine rings is 1. The number of nitrogens with one attached hydrogen (secondary N) is 1. The predicted octanol–water partition coefficient (Wildman–Crippen LogP) is 0.868. The van der Waals surface area contributed by atoms with Crippen LogP contribution < -0.4 is 5.32 Å². The second-order valence-electron chi connectivity index (χ2n) is 7.20. The van der Waals surface area contributed by atoms with Gasteiger partial charge < -0.3 is 29.2 Å². The highest BCUT2D eigenvalue weighted by molar-refractivity contribution is 14.0. The Labute approximate surface area is 188 Å². The molecule has 1 atom stereocenters. The fraction of sp³-hybridized carbons (Fsp3) is 0.632. The summed E-state index contributed by atoms with van der Waals surface area (Å²) in [4.78, 5) is 34.3. The summed E-state index contributed by atoms with van der Waals surface area (Å²) in [6, 6.07) is 3.39. The summed E-state index contributed by atoms with van der Waals surface area (Å²) in [6.07, 6.45) is 3.79. The molecule has 10 heteroatoms. The number of nitrogens with zero attached hydrogens (tertiary/aromatic N) is 4. The van der Waals surface area contributed by atoms with Gasteiger partial charge in [-0.2, -0.15) is 0 Å². The van der Waals surface area contributed by atoms with E-state index < -0.39 is 0 Å². The number of aliphatic imine (C=N–C) groups is 1. The van der Waals surface area contributed by atoms with Crippen molar-refractivity contribution in [2.75, 3.05) is 60.0 Å². The molecule has 9 nitrogen and oxygen atoms in total. The van der Waals surface area contributed by atoms with Crippen molar-refractivity contribution in [1.82, 2.24) is 20.0 Å². The molecule has 2 aliphatic heterocycles. The van der Waals surface area contributed by atoms with Gasteiger partial charge in [0.15, 0.2) is 11.7 Å². The van der Waals surface area contributed by atoms with Gasteiger partial charge in [0.25, 0.3) is 5.91 Å². The molecule has 0 radical (unpaired) electrons. The van der Waals surface area contributed by atoms with E-state index in [-0.39, 0.29) is 48.4 Å². The third-order valence-electron chi connectivity index (χ3n) is 4.97. The molecule has 162 valence electrons. The van der Waals surface area contributed by atoms with Gasteiger partial charge in [0.1, 0.15) is 6.54 Å². The van der Waals surface area contributed by atoms with E-state index in [4.69, 9.17) is 9.15 Å². The van der Waals surface area contributed by atoms with Gasteiger partial charge in [-0.3, -0.25) is 9.59 Å². The van der Waals surface area contributed by atoms with Crippen molar-refractivity contribution in [3.63, 3.8) is 0 Å². The number of likely N-dealkylation sites (N-methyl/N-ethyl adjacent to an activating group) is 1. The summed E-state index contributed by atoms with van der Waals surface area (Å²) in [7, 11) is 3.44. The number of hydrogen-bond acceptors (Lipinski definition) is 5. The zero-order valence-corrected chi connectivity index (χ0v) is 19.3. The molecule has 0 saturated carbocycles. The van der Waals surface area contributed by atoms with Crippen molar-refractivity contribution < 1.29 is 18.7 Å². The zero-order valence-electron chi connectivity index (χ0n) is 17.0. The summed E-state index contributed by atoms with van der Waals surface area (Å²) in [5, 5.41) is 3.36. The van der Waals surface area contributed by atoms with Gasteiger partial charge in [0.2, 0.25) is 5.91 Å². The second kappa shape index (κ2) is 11.4. The number of furan rings is 1. The van der Waals surface area contributed by atoms with E-state index in [1.165, 1.54) is 11.2 Å². The van der Waals surface area contributed by atoms with Crippen molar-refractivity contribution in [2.45, 2.75) is 18.9 Å². The van der Waals surface area contributed by atoms with Crippen LogP contribution in [0.3, 0.4) is 0 Å². The van der Waals surface area contributed by atoms with Crippen LogP contribution in [-0.2, 0) is 9.53 Å². The number of ether oxygens (including phenoxy) is 1. The van der Waals surface area contributed by atoms with Crippen LogP contribution in [0.2, 0.25) is 0 Å². The maximum Gasteiger partial charge on any atom is 0.289 e. The predicted molar refractivity (Wildman–Crippen MR) is 120 cm³/mol. The van der Waals surface area contributed by atoms with Crippen LogP contribution in [0.5, 0.6) is 0 Å². The van der Waals surface area contributed by atoms with Crippen LogP contribution >= 0.6 is 24.0 Å². The largest absolute Gasteiger partial charge is 0.459 e. The van der Waals surface area contributed by atoms with E-state index in [2.05, 4.69) is 15.2 Å². The zero-order chi connectivity index (χ0) is 19.9. The van der Waals surface area contributed by atoms with Crippen molar-refractivity contribution in [3.05, 3.63) is 24.2 Å². The number of amides is 2. The molecule has 0 bridgehead atoms. The Balaban J connectivity index is 0.00000300. The molecule has 3 heterocycles. The lowest BCUT2D eigenvalue weighted by molar-refractivity contribution is -0.127. The lowest BCUT2D eigenvalue weighted by Gasteiger charge is -2.36. The molecule has 3 rings (SSSR count). The topological polar surface area (TPSA) is 90.6 Å². The third kappa shape index (κ3) is 6.59. The van der Waals surface area contributed by atoms with Gasteiger partial charge in [-0.1, -0.05) is 0 Å². The first-order valence-electron chi connectivity index (χ1n) is 9.72. The Morgan fingerprint density at radius 1 is 1.24 bits per heavy atom. The third-order valence-corrected chi connectivity index (χ3v) is 4.97. The molecule has 29 heavy (non-hydrogen) atoms. The maximum atomic E-state index is 12.4. The summed E-state index contributed by atoms with van der Waals surface area (Å²) in [5.41, 5.74) is 0. The average molecular weight is 519 g/mol. The van der Waals surface area contributed by atoms with Crippen LogP contribution in [0.25, 0.3) is 0 Å². The van der Waals surface area contributed by atoms with Gasteiger partial charge >= 0.3 is 0 Å². The minimum absolute atomic E-state index is 0. The van der Waals surface area contributed by atoms with Crippen molar-refractivity contribution in [1.29, 1.82) is 0 Å². The molecule has 2 aliphatic rings. The van der Waals surface area contributed by atoms with Gasteiger partial charge in [-0.25, -0.2) is 4.99 Å². The molecule has 1 aromatic rings. The molecular formula is C19H30IN5O4. The van der Waals surface area contributed by atoms with Gasteiger partial charge in [0, 0.05) is 53.4 Å². The molecule has 0 spiro atoms. The quantitative estimate of drug-likeness (QED) is 0.353. The highest BCUT2D eigenvalue weighted by Crippen LogP contribution is 2.12. The van der Waals surface area contributed by atoms with Crippen LogP contribution in [0.4, 0.5) is 0 Å². The molecule has 1 unspecified atom stereocenters. The van der Waals surface area contributed by atoms with Crippen LogP contribution in [0.1, 0.15) is 23.4 Å². The molecule has 1 N–H and O–H groups in total. The summed E-state index contributed by atoms with van der Waals surface area (Å²) >= 11 is 0. The fourth-order valence-electron chi connectivity index (χ4n) is 3.24. The fourth-order valence-corrected chi connectivity index (χ4v) is 3.24. The van der Waals surface area contributed by atoms with Gasteiger partial charge in [-0.15, -0.1) is 24.0 Å². The molecule has 0 aliphatic carbocycles. The number of rotatable bonds is 5. The minimum Gasteiger partial charge on any atom is -0.459 e. The maximum absolute atomic E-state index is 12.4. The number of halogens is 1. The summed E-state index contributed by atoms with van der Waals surface area (Å²) in [5.74, 6) is 0.896. The van der Waals surface area contributed by atoms with E-state index in [1.54, 1.807) is 31.1 Å². The minimum atomic E-state index is -0.0989. The molecule has 1 aromatic heterocycles. The highest BCUT2D eigenvalue weighted by Gasteiger charge is 2.26. The summed E-state index contributed by atoms with van der Waals surface area (Å²) in [6.45, 7) is 3.97. The van der Waals surface area contributed by atoms with Crippen LogP contribution in [0, 0.1) is 0 Å². The van der Waals surface area contributed by atoms with Crippen LogP contribution in [-0.4, -0.2) is 98.5 Å².